The van der Waals surface area contributed by atoms with E-state index in [-0.39, 0.29) is 0 Å². The number of allylic oxidation sites excluding steroid dienone is 2. The molecule has 0 N–H and O–H groups in total. The van der Waals surface area contributed by atoms with Gasteiger partial charge < -0.3 is 9.29 Å². The molecule has 1 unspecified atom stereocenters. The number of hydrogen-bond acceptors (Lipinski definition) is 1. The van der Waals surface area contributed by atoms with Gasteiger partial charge in [0.25, 0.3) is 0 Å². The fraction of sp³-hybridized carbons (Fsp3) is 0.385. The van der Waals surface area contributed by atoms with Gasteiger partial charge in [-0.25, -0.2) is 8.78 Å². The number of aromatic nitrogens is 1. The van der Waals surface area contributed by atoms with Crippen LogP contribution in [0.4, 0.5) is 8.78 Å². The smallest absolute Gasteiger partial charge is 0.365 e. The molecule has 0 aliphatic carbocycles. The van der Waals surface area contributed by atoms with E-state index >= 15 is 0 Å². The Hall–Kier alpha value is -1.52. The molecule has 2 aliphatic heterocycles. The van der Waals surface area contributed by atoms with E-state index in [4.69, 9.17) is 0 Å². The normalized spacial score (nSPS) is 25.9. The Balaban J connectivity index is 2.22. The van der Waals surface area contributed by atoms with Crippen LogP contribution in [-0.2, 0) is 0 Å². The van der Waals surface area contributed by atoms with Gasteiger partial charge in [-0.1, -0.05) is 0 Å². The summed E-state index contributed by atoms with van der Waals surface area (Å²) in [7, 11) is 0.486. The minimum Gasteiger partial charge on any atom is -0.372 e. The number of hydrogen-bond donors (Lipinski definition) is 0. The number of rotatable bonds is 0. The SMILES string of the molecule is CC1=C(F)C(C)(F)C2=Cc3c(C)cc(C)n3BN21. The summed E-state index contributed by atoms with van der Waals surface area (Å²) in [6.45, 7) is 6.92. The lowest BCUT2D eigenvalue weighted by molar-refractivity contribution is 0.244. The van der Waals surface area contributed by atoms with E-state index in [1.807, 2.05) is 13.8 Å². The van der Waals surface area contributed by atoms with E-state index in [2.05, 4.69) is 10.5 Å². The van der Waals surface area contributed by atoms with Crippen molar-refractivity contribution in [1.82, 2.24) is 9.29 Å². The van der Waals surface area contributed by atoms with E-state index in [0.717, 1.165) is 17.0 Å². The lowest BCUT2D eigenvalue weighted by Crippen LogP contribution is -2.36. The van der Waals surface area contributed by atoms with E-state index in [0.29, 0.717) is 18.9 Å². The minimum absolute atomic E-state index is 0.377. The van der Waals surface area contributed by atoms with Crippen molar-refractivity contribution in [3.05, 3.63) is 40.2 Å². The summed E-state index contributed by atoms with van der Waals surface area (Å²) in [6, 6.07) is 2.07. The number of nitrogens with zero attached hydrogens (tertiary/aromatic N) is 2. The Bertz CT molecular complexity index is 611. The van der Waals surface area contributed by atoms with Gasteiger partial charge in [0.05, 0.1) is 5.70 Å². The zero-order valence-corrected chi connectivity index (χ0v) is 11.0. The van der Waals surface area contributed by atoms with Gasteiger partial charge in [-0.15, -0.1) is 0 Å². The van der Waals surface area contributed by atoms with E-state index in [1.54, 1.807) is 17.8 Å². The summed E-state index contributed by atoms with van der Waals surface area (Å²) in [5.41, 5.74) is 1.97. The number of alkyl halides is 1. The summed E-state index contributed by atoms with van der Waals surface area (Å²) in [4.78, 5) is 1.72. The van der Waals surface area contributed by atoms with Gasteiger partial charge in [-0.2, -0.15) is 0 Å². The van der Waals surface area contributed by atoms with Crippen molar-refractivity contribution in [2.24, 2.45) is 0 Å². The first-order chi connectivity index (χ1) is 8.34. The van der Waals surface area contributed by atoms with Crippen molar-refractivity contribution >= 4 is 13.6 Å². The summed E-state index contributed by atoms with van der Waals surface area (Å²) < 4.78 is 30.5. The van der Waals surface area contributed by atoms with Gasteiger partial charge in [0.15, 0.2) is 11.5 Å². The van der Waals surface area contributed by atoms with Crippen LogP contribution in [0.3, 0.4) is 0 Å². The second-order valence-corrected chi connectivity index (χ2v) is 5.28. The fourth-order valence-electron chi connectivity index (χ4n) is 2.92. The number of halogens is 2. The average molecular weight is 248 g/mol. The Morgan fingerprint density at radius 2 is 1.94 bits per heavy atom. The zero-order valence-electron chi connectivity index (χ0n) is 11.0. The maximum absolute atomic E-state index is 14.5. The third-order valence-electron chi connectivity index (χ3n) is 4.01. The Labute approximate surface area is 106 Å². The van der Waals surface area contributed by atoms with Crippen molar-refractivity contribution < 1.29 is 8.78 Å². The molecule has 0 radical (unpaired) electrons. The first kappa shape index (κ1) is 11.6. The van der Waals surface area contributed by atoms with Crippen molar-refractivity contribution in [1.29, 1.82) is 0 Å². The predicted molar refractivity (Wildman–Crippen MR) is 69.6 cm³/mol. The second kappa shape index (κ2) is 3.28. The Morgan fingerprint density at radius 3 is 2.61 bits per heavy atom. The highest BCUT2D eigenvalue weighted by Gasteiger charge is 2.47. The van der Waals surface area contributed by atoms with Crippen molar-refractivity contribution in [2.75, 3.05) is 0 Å². The highest BCUT2D eigenvalue weighted by atomic mass is 19.2. The third kappa shape index (κ3) is 1.22. The van der Waals surface area contributed by atoms with Crippen LogP contribution in [0.1, 0.15) is 30.8 Å². The molecule has 3 heterocycles. The lowest BCUT2D eigenvalue weighted by Gasteiger charge is -2.30. The molecule has 2 aliphatic rings. The molecule has 0 bridgehead atoms. The van der Waals surface area contributed by atoms with Crippen molar-refractivity contribution in [3.8, 4) is 0 Å². The molecule has 2 nitrogen and oxygen atoms in total. The van der Waals surface area contributed by atoms with Gasteiger partial charge in [-0.05, 0) is 45.4 Å². The molecule has 1 aromatic rings. The molecule has 0 aromatic carbocycles. The van der Waals surface area contributed by atoms with Crippen LogP contribution in [0.15, 0.2) is 23.3 Å². The van der Waals surface area contributed by atoms with E-state index in [1.165, 1.54) is 6.92 Å². The van der Waals surface area contributed by atoms with Gasteiger partial charge in [-0.3, -0.25) is 0 Å². The first-order valence-electron chi connectivity index (χ1n) is 6.06. The van der Waals surface area contributed by atoms with Crippen molar-refractivity contribution in [3.63, 3.8) is 0 Å². The second-order valence-electron chi connectivity index (χ2n) is 5.28. The molecule has 0 amide bonds. The zero-order chi connectivity index (χ0) is 13.2. The predicted octanol–water partition coefficient (Wildman–Crippen LogP) is 2.82. The van der Waals surface area contributed by atoms with Crippen LogP contribution in [0.25, 0.3) is 6.08 Å². The molecule has 1 atom stereocenters. The van der Waals surface area contributed by atoms with E-state index < -0.39 is 11.5 Å². The highest BCUT2D eigenvalue weighted by molar-refractivity contribution is 6.34. The Morgan fingerprint density at radius 1 is 1.28 bits per heavy atom. The van der Waals surface area contributed by atoms with E-state index in [9.17, 15) is 8.78 Å². The summed E-state index contributed by atoms with van der Waals surface area (Å²) in [5.74, 6) is -0.671. The largest absolute Gasteiger partial charge is 0.372 e. The fourth-order valence-corrected chi connectivity index (χ4v) is 2.92. The molecule has 1 aromatic heterocycles. The number of fused-ring (bicyclic) bond motifs is 2. The summed E-state index contributed by atoms with van der Waals surface area (Å²) >= 11 is 0. The maximum Gasteiger partial charge on any atom is 0.365 e. The van der Waals surface area contributed by atoms with Crippen LogP contribution in [0.2, 0.25) is 0 Å². The van der Waals surface area contributed by atoms with Gasteiger partial charge >= 0.3 is 7.55 Å². The first-order valence-corrected chi connectivity index (χ1v) is 6.06. The third-order valence-corrected chi connectivity index (χ3v) is 4.01. The van der Waals surface area contributed by atoms with Crippen molar-refractivity contribution in [2.45, 2.75) is 33.4 Å². The standard InChI is InChI=1S/C13H15BF2N2/c1-7-5-8(2)17-10(7)6-11-13(4,16)12(15)9(3)18(11)14-17/h5-6,14H,1-4H3. The molecule has 0 saturated heterocycles. The van der Waals surface area contributed by atoms with Crippen LogP contribution in [-0.4, -0.2) is 22.5 Å². The molecule has 0 fully saturated rings. The summed E-state index contributed by atoms with van der Waals surface area (Å²) in [5, 5.41) is 0. The van der Waals surface area contributed by atoms with Gasteiger partial charge in [0.1, 0.15) is 0 Å². The monoisotopic (exact) mass is 248 g/mol. The average Bonchev–Trinajstić information content (AvgIpc) is 2.68. The molecule has 0 saturated carbocycles. The topological polar surface area (TPSA) is 8.17 Å². The molecule has 5 heteroatoms. The molecular weight excluding hydrogens is 233 g/mol. The van der Waals surface area contributed by atoms with Crippen LogP contribution >= 0.6 is 0 Å². The highest BCUT2D eigenvalue weighted by Crippen LogP contribution is 2.45. The summed E-state index contributed by atoms with van der Waals surface area (Å²) in [6.07, 6.45) is 1.77. The Kier molecular flexibility index (Phi) is 2.11. The van der Waals surface area contributed by atoms with Gasteiger partial charge in [0, 0.05) is 17.1 Å². The molecule has 0 spiro atoms. The molecular formula is C13H15BF2N2. The minimum atomic E-state index is -2.00. The molecule has 18 heavy (non-hydrogen) atoms. The van der Waals surface area contributed by atoms with Crippen LogP contribution < -0.4 is 0 Å². The van der Waals surface area contributed by atoms with Crippen LogP contribution in [0.5, 0.6) is 0 Å². The quantitative estimate of drug-likeness (QED) is 0.641. The number of aryl methyl sites for hydroxylation is 2. The molecule has 3 rings (SSSR count). The van der Waals surface area contributed by atoms with Crippen LogP contribution in [0, 0.1) is 13.8 Å². The lowest BCUT2D eigenvalue weighted by atomic mass is 9.95. The molecule has 94 valence electrons. The van der Waals surface area contributed by atoms with Gasteiger partial charge in [0.2, 0.25) is 0 Å². The maximum atomic E-state index is 14.5.